The molecule has 0 unspecified atom stereocenters. The summed E-state index contributed by atoms with van der Waals surface area (Å²) in [5.74, 6) is -4.43. The third kappa shape index (κ3) is 13.1. The number of esters is 3. The molecule has 0 radical (unpaired) electrons. The van der Waals surface area contributed by atoms with E-state index in [0.717, 1.165) is 33.1 Å². The van der Waals surface area contributed by atoms with Crippen LogP contribution in [0, 0.1) is 0 Å². The number of carboxylic acids is 1. The minimum Gasteiger partial charge on any atom is -0.478 e. The third-order valence-electron chi connectivity index (χ3n) is 4.08. The zero-order valence-electron chi connectivity index (χ0n) is 17.2. The van der Waals surface area contributed by atoms with E-state index in [1.165, 1.54) is 38.5 Å². The fourth-order valence-electron chi connectivity index (χ4n) is 2.68. The van der Waals surface area contributed by atoms with Crippen LogP contribution in [0.4, 0.5) is 0 Å². The maximum atomic E-state index is 12.1. The molecule has 1 N–H and O–H groups in total. The van der Waals surface area contributed by atoms with Gasteiger partial charge in [0, 0.05) is 13.8 Å². The average Bonchev–Trinajstić information content (AvgIpc) is 2.61. The molecule has 0 heterocycles. The molecule has 28 heavy (non-hydrogen) atoms. The van der Waals surface area contributed by atoms with E-state index >= 15 is 0 Å². The monoisotopic (exact) mass is 402 g/mol. The Bertz CT molecular complexity index is 489. The molecule has 0 aliphatic heterocycles. The molecule has 8 heteroatoms. The first-order valence-corrected chi connectivity index (χ1v) is 10.0. The molecule has 0 aliphatic carbocycles. The van der Waals surface area contributed by atoms with Crippen LogP contribution in [0.5, 0.6) is 0 Å². The average molecular weight is 402 g/mol. The predicted molar refractivity (Wildman–Crippen MR) is 102 cm³/mol. The Labute approximate surface area is 166 Å². The molecular formula is C20H34O8. The first-order valence-electron chi connectivity index (χ1n) is 10.0. The van der Waals surface area contributed by atoms with Crippen LogP contribution in [-0.2, 0) is 33.4 Å². The Morgan fingerprint density at radius 1 is 0.714 bits per heavy atom. The van der Waals surface area contributed by atoms with Gasteiger partial charge in [0.05, 0.1) is 6.61 Å². The molecule has 0 spiro atoms. The van der Waals surface area contributed by atoms with Crippen molar-refractivity contribution in [1.82, 2.24) is 0 Å². The van der Waals surface area contributed by atoms with Crippen LogP contribution in [0.25, 0.3) is 0 Å². The fraction of sp³-hybridized carbons (Fsp3) is 0.800. The van der Waals surface area contributed by atoms with Crippen molar-refractivity contribution < 1.29 is 38.5 Å². The standard InChI is InChI=1S/C20H34O8/c1-4-5-6-7-8-9-10-11-12-13-14-26-20(25)18(28-16(3)22)17(19(23)24)27-15(2)21/h17-18H,4-14H2,1-3H3,(H,23,24)/t17-,18-/m1/s1. The smallest absolute Gasteiger partial charge is 0.352 e. The fourth-order valence-corrected chi connectivity index (χ4v) is 2.68. The van der Waals surface area contributed by atoms with Gasteiger partial charge in [0.2, 0.25) is 12.2 Å². The van der Waals surface area contributed by atoms with Gasteiger partial charge in [-0.3, -0.25) is 9.59 Å². The molecule has 0 bridgehead atoms. The van der Waals surface area contributed by atoms with Gasteiger partial charge in [-0.05, 0) is 6.42 Å². The Morgan fingerprint density at radius 2 is 1.14 bits per heavy atom. The SMILES string of the molecule is CCCCCCCCCCCCOC(=O)[C@H](OC(C)=O)[C@@H](OC(C)=O)C(=O)O. The van der Waals surface area contributed by atoms with Crippen LogP contribution in [0.15, 0.2) is 0 Å². The van der Waals surface area contributed by atoms with E-state index in [9.17, 15) is 19.2 Å². The van der Waals surface area contributed by atoms with Crippen LogP contribution in [0.3, 0.4) is 0 Å². The lowest BCUT2D eigenvalue weighted by Crippen LogP contribution is -2.46. The van der Waals surface area contributed by atoms with Crippen molar-refractivity contribution >= 4 is 23.9 Å². The number of hydrogen-bond donors (Lipinski definition) is 1. The Kier molecular flexibility index (Phi) is 14.7. The summed E-state index contributed by atoms with van der Waals surface area (Å²) in [7, 11) is 0. The molecule has 0 amide bonds. The van der Waals surface area contributed by atoms with Crippen molar-refractivity contribution in [3.8, 4) is 0 Å². The molecule has 8 nitrogen and oxygen atoms in total. The van der Waals surface area contributed by atoms with Crippen LogP contribution in [0.2, 0.25) is 0 Å². The number of carbonyl (C=O) groups is 4. The molecule has 2 atom stereocenters. The van der Waals surface area contributed by atoms with Gasteiger partial charge < -0.3 is 19.3 Å². The second-order valence-corrected chi connectivity index (χ2v) is 6.75. The number of rotatable bonds is 16. The summed E-state index contributed by atoms with van der Waals surface area (Å²) in [5.41, 5.74) is 0. The number of aliphatic carboxylic acids is 1. The highest BCUT2D eigenvalue weighted by Gasteiger charge is 2.40. The van der Waals surface area contributed by atoms with Gasteiger partial charge in [0.25, 0.3) is 0 Å². The van der Waals surface area contributed by atoms with E-state index in [-0.39, 0.29) is 6.61 Å². The van der Waals surface area contributed by atoms with Crippen molar-refractivity contribution in [2.24, 2.45) is 0 Å². The van der Waals surface area contributed by atoms with Gasteiger partial charge in [-0.1, -0.05) is 64.7 Å². The number of ether oxygens (including phenoxy) is 3. The molecule has 0 aromatic rings. The summed E-state index contributed by atoms with van der Waals surface area (Å²) < 4.78 is 14.3. The lowest BCUT2D eigenvalue weighted by molar-refractivity contribution is -0.188. The highest BCUT2D eigenvalue weighted by molar-refractivity contribution is 5.88. The van der Waals surface area contributed by atoms with Crippen molar-refractivity contribution in [3.05, 3.63) is 0 Å². The third-order valence-corrected chi connectivity index (χ3v) is 4.08. The van der Waals surface area contributed by atoms with E-state index in [1.807, 2.05) is 0 Å². The highest BCUT2D eigenvalue weighted by atomic mass is 16.6. The molecule has 0 aromatic carbocycles. The summed E-state index contributed by atoms with van der Waals surface area (Å²) in [4.78, 5) is 45.6. The Hall–Kier alpha value is -2.12. The minimum absolute atomic E-state index is 0.0828. The number of carboxylic acid groups (broad SMARTS) is 1. The van der Waals surface area contributed by atoms with E-state index in [2.05, 4.69) is 11.7 Å². The first-order chi connectivity index (χ1) is 13.3. The molecule has 0 aromatic heterocycles. The van der Waals surface area contributed by atoms with Gasteiger partial charge in [-0.25, -0.2) is 9.59 Å². The molecule has 0 fully saturated rings. The molecule has 0 saturated heterocycles. The quantitative estimate of drug-likeness (QED) is 0.237. The number of unbranched alkanes of at least 4 members (excludes halogenated alkanes) is 9. The molecule has 162 valence electrons. The van der Waals surface area contributed by atoms with Gasteiger partial charge >= 0.3 is 23.9 Å². The van der Waals surface area contributed by atoms with Crippen LogP contribution in [-0.4, -0.2) is 47.8 Å². The van der Waals surface area contributed by atoms with Crippen molar-refractivity contribution in [3.63, 3.8) is 0 Å². The summed E-state index contributed by atoms with van der Waals surface area (Å²) in [5, 5.41) is 9.14. The van der Waals surface area contributed by atoms with Crippen LogP contribution in [0.1, 0.15) is 85.0 Å². The summed E-state index contributed by atoms with van der Waals surface area (Å²) >= 11 is 0. The Morgan fingerprint density at radius 3 is 1.57 bits per heavy atom. The van der Waals surface area contributed by atoms with Gasteiger partial charge in [0.15, 0.2) is 0 Å². The van der Waals surface area contributed by atoms with Gasteiger partial charge in [-0.15, -0.1) is 0 Å². The van der Waals surface area contributed by atoms with Crippen molar-refractivity contribution in [2.75, 3.05) is 6.61 Å². The highest BCUT2D eigenvalue weighted by Crippen LogP contribution is 2.12. The lowest BCUT2D eigenvalue weighted by Gasteiger charge is -2.21. The maximum absolute atomic E-state index is 12.1. The lowest BCUT2D eigenvalue weighted by atomic mass is 10.1. The maximum Gasteiger partial charge on any atom is 0.352 e. The topological polar surface area (TPSA) is 116 Å². The molecule has 0 rings (SSSR count). The van der Waals surface area contributed by atoms with E-state index < -0.39 is 36.1 Å². The molecule has 0 saturated carbocycles. The first kappa shape index (κ1) is 25.9. The second-order valence-electron chi connectivity index (χ2n) is 6.75. The zero-order valence-corrected chi connectivity index (χ0v) is 17.2. The van der Waals surface area contributed by atoms with Crippen LogP contribution >= 0.6 is 0 Å². The molecular weight excluding hydrogens is 368 g/mol. The minimum atomic E-state index is -1.94. The normalized spacial score (nSPS) is 12.7. The van der Waals surface area contributed by atoms with Crippen molar-refractivity contribution in [1.29, 1.82) is 0 Å². The van der Waals surface area contributed by atoms with Gasteiger partial charge in [0.1, 0.15) is 0 Å². The van der Waals surface area contributed by atoms with Crippen LogP contribution < -0.4 is 0 Å². The Balaban J connectivity index is 4.19. The second kappa shape index (κ2) is 15.9. The van der Waals surface area contributed by atoms with E-state index in [4.69, 9.17) is 14.6 Å². The van der Waals surface area contributed by atoms with Gasteiger partial charge in [-0.2, -0.15) is 0 Å². The van der Waals surface area contributed by atoms with E-state index in [1.54, 1.807) is 0 Å². The summed E-state index contributed by atoms with van der Waals surface area (Å²) in [6, 6.07) is 0. The van der Waals surface area contributed by atoms with E-state index in [0.29, 0.717) is 6.42 Å². The summed E-state index contributed by atoms with van der Waals surface area (Å²) in [6.07, 6.45) is 7.43. The number of carbonyl (C=O) groups excluding carboxylic acids is 3. The van der Waals surface area contributed by atoms with Crippen molar-refractivity contribution in [2.45, 2.75) is 97.2 Å². The molecule has 0 aliphatic rings. The zero-order chi connectivity index (χ0) is 21.4. The largest absolute Gasteiger partial charge is 0.478 e. The number of hydrogen-bond acceptors (Lipinski definition) is 7. The predicted octanol–water partition coefficient (Wildman–Crippen LogP) is 3.40. The summed E-state index contributed by atoms with van der Waals surface area (Å²) in [6.45, 7) is 4.30.